The fourth-order valence-corrected chi connectivity index (χ4v) is 2.09. The summed E-state index contributed by atoms with van der Waals surface area (Å²) in [4.78, 5) is 3.95. The highest BCUT2D eigenvalue weighted by atomic mass is 35.5. The first-order chi connectivity index (χ1) is 7.59. The van der Waals surface area contributed by atoms with Gasteiger partial charge < -0.3 is 10.4 Å². The van der Waals surface area contributed by atoms with Crippen LogP contribution < -0.4 is 5.32 Å². The van der Waals surface area contributed by atoms with Crippen molar-refractivity contribution in [1.29, 1.82) is 0 Å². The Morgan fingerprint density at radius 2 is 2.38 bits per heavy atom. The van der Waals surface area contributed by atoms with Gasteiger partial charge in [-0.25, -0.2) is 4.98 Å². The molecule has 1 aliphatic rings. The Balaban J connectivity index is 1.90. The van der Waals surface area contributed by atoms with Crippen molar-refractivity contribution in [2.24, 2.45) is 0 Å². The number of nitrogens with one attached hydrogen (secondary N) is 1. The van der Waals surface area contributed by atoms with Crippen molar-refractivity contribution in [3.63, 3.8) is 0 Å². The van der Waals surface area contributed by atoms with E-state index in [-0.39, 0.29) is 6.04 Å². The monoisotopic (exact) mass is 240 g/mol. The summed E-state index contributed by atoms with van der Waals surface area (Å²) in [5, 5.41) is 13.8. The molecule has 1 atom stereocenters. The average molecular weight is 241 g/mol. The standard InChI is InChI=1S/C12H17ClN2O/c1-9(10-3-6-14-11(13)7-10)15-8-12(16)4-2-5-12/h3,6-7,9,15-16H,2,4-5,8H2,1H3. The largest absolute Gasteiger partial charge is 0.389 e. The zero-order valence-electron chi connectivity index (χ0n) is 9.41. The van der Waals surface area contributed by atoms with E-state index in [4.69, 9.17) is 11.6 Å². The van der Waals surface area contributed by atoms with E-state index < -0.39 is 5.60 Å². The number of pyridine rings is 1. The molecule has 0 bridgehead atoms. The molecule has 1 saturated carbocycles. The summed E-state index contributed by atoms with van der Waals surface area (Å²) in [5.41, 5.74) is 0.619. The highest BCUT2D eigenvalue weighted by Gasteiger charge is 2.34. The van der Waals surface area contributed by atoms with Crippen molar-refractivity contribution in [3.05, 3.63) is 29.0 Å². The van der Waals surface area contributed by atoms with Crippen LogP contribution in [-0.4, -0.2) is 22.2 Å². The van der Waals surface area contributed by atoms with Crippen LogP contribution in [0.25, 0.3) is 0 Å². The Morgan fingerprint density at radius 3 is 2.94 bits per heavy atom. The fraction of sp³-hybridized carbons (Fsp3) is 0.583. The Kier molecular flexibility index (Phi) is 3.47. The van der Waals surface area contributed by atoms with Crippen LogP contribution in [0.4, 0.5) is 0 Å². The summed E-state index contributed by atoms with van der Waals surface area (Å²) in [6.07, 6.45) is 4.65. The molecule has 0 aromatic carbocycles. The number of hydrogen-bond donors (Lipinski definition) is 2. The van der Waals surface area contributed by atoms with Gasteiger partial charge >= 0.3 is 0 Å². The molecule has 0 amide bonds. The molecule has 3 nitrogen and oxygen atoms in total. The van der Waals surface area contributed by atoms with E-state index in [0.29, 0.717) is 11.7 Å². The second kappa shape index (κ2) is 4.70. The van der Waals surface area contributed by atoms with Gasteiger partial charge in [0.25, 0.3) is 0 Å². The molecule has 88 valence electrons. The molecule has 4 heteroatoms. The molecule has 0 spiro atoms. The SMILES string of the molecule is CC(NCC1(O)CCC1)c1ccnc(Cl)c1. The normalized spacial score (nSPS) is 20.2. The van der Waals surface area contributed by atoms with Crippen LogP contribution in [0.1, 0.15) is 37.8 Å². The lowest BCUT2D eigenvalue weighted by atomic mass is 9.80. The molecular formula is C12H17ClN2O. The van der Waals surface area contributed by atoms with Gasteiger partial charge in [-0.15, -0.1) is 0 Å². The molecule has 1 heterocycles. The van der Waals surface area contributed by atoms with E-state index >= 15 is 0 Å². The topological polar surface area (TPSA) is 45.1 Å². The molecule has 1 aliphatic carbocycles. The van der Waals surface area contributed by atoms with Gasteiger partial charge in [-0.3, -0.25) is 0 Å². The van der Waals surface area contributed by atoms with Gasteiger partial charge in [0.15, 0.2) is 0 Å². The van der Waals surface area contributed by atoms with Crippen LogP contribution in [0.15, 0.2) is 18.3 Å². The molecule has 1 fully saturated rings. The molecule has 16 heavy (non-hydrogen) atoms. The molecule has 0 radical (unpaired) electrons. The first-order valence-corrected chi connectivity index (χ1v) is 6.04. The van der Waals surface area contributed by atoms with Gasteiger partial charge in [-0.05, 0) is 43.9 Å². The summed E-state index contributed by atoms with van der Waals surface area (Å²) < 4.78 is 0. The Morgan fingerprint density at radius 1 is 1.62 bits per heavy atom. The van der Waals surface area contributed by atoms with Crippen LogP contribution in [-0.2, 0) is 0 Å². The van der Waals surface area contributed by atoms with E-state index in [1.165, 1.54) is 0 Å². The lowest BCUT2D eigenvalue weighted by Crippen LogP contribution is -2.46. The van der Waals surface area contributed by atoms with Crippen LogP contribution >= 0.6 is 11.6 Å². The van der Waals surface area contributed by atoms with Crippen molar-refractivity contribution < 1.29 is 5.11 Å². The molecule has 0 saturated heterocycles. The van der Waals surface area contributed by atoms with Gasteiger partial charge in [-0.2, -0.15) is 0 Å². The zero-order chi connectivity index (χ0) is 11.6. The van der Waals surface area contributed by atoms with E-state index in [1.54, 1.807) is 6.20 Å². The summed E-state index contributed by atoms with van der Waals surface area (Å²) in [6, 6.07) is 3.98. The van der Waals surface area contributed by atoms with E-state index in [9.17, 15) is 5.11 Å². The maximum Gasteiger partial charge on any atom is 0.129 e. The Labute approximate surface area is 101 Å². The summed E-state index contributed by atoms with van der Waals surface area (Å²) >= 11 is 5.83. The minimum atomic E-state index is -0.481. The third-order valence-corrected chi connectivity index (χ3v) is 3.48. The number of hydrogen-bond acceptors (Lipinski definition) is 3. The quantitative estimate of drug-likeness (QED) is 0.794. The second-order valence-corrected chi connectivity index (χ2v) is 4.98. The molecular weight excluding hydrogens is 224 g/mol. The van der Waals surface area contributed by atoms with Crippen molar-refractivity contribution in [3.8, 4) is 0 Å². The highest BCUT2D eigenvalue weighted by Crippen LogP contribution is 2.31. The maximum absolute atomic E-state index is 9.96. The number of rotatable bonds is 4. The van der Waals surface area contributed by atoms with Crippen molar-refractivity contribution >= 4 is 11.6 Å². The molecule has 1 aromatic heterocycles. The summed E-state index contributed by atoms with van der Waals surface area (Å²) in [6.45, 7) is 2.71. The predicted molar refractivity (Wildman–Crippen MR) is 64.5 cm³/mol. The van der Waals surface area contributed by atoms with E-state index in [1.807, 2.05) is 12.1 Å². The predicted octanol–water partition coefficient (Wildman–Crippen LogP) is 2.30. The fourth-order valence-electron chi connectivity index (χ4n) is 1.91. The van der Waals surface area contributed by atoms with Crippen LogP contribution in [0.5, 0.6) is 0 Å². The van der Waals surface area contributed by atoms with Crippen molar-refractivity contribution in [2.75, 3.05) is 6.54 Å². The second-order valence-electron chi connectivity index (χ2n) is 4.59. The lowest BCUT2D eigenvalue weighted by molar-refractivity contribution is -0.0329. The maximum atomic E-state index is 9.96. The van der Waals surface area contributed by atoms with E-state index in [0.717, 1.165) is 24.8 Å². The zero-order valence-corrected chi connectivity index (χ0v) is 10.2. The van der Waals surface area contributed by atoms with Crippen LogP contribution in [0.3, 0.4) is 0 Å². The molecule has 1 unspecified atom stereocenters. The average Bonchev–Trinajstić information content (AvgIpc) is 2.23. The lowest BCUT2D eigenvalue weighted by Gasteiger charge is -2.37. The number of halogens is 1. The van der Waals surface area contributed by atoms with Gasteiger partial charge in [0.1, 0.15) is 5.15 Å². The van der Waals surface area contributed by atoms with Gasteiger partial charge in [0.2, 0.25) is 0 Å². The first kappa shape index (κ1) is 11.8. The highest BCUT2D eigenvalue weighted by molar-refractivity contribution is 6.29. The third-order valence-electron chi connectivity index (χ3n) is 3.27. The summed E-state index contributed by atoms with van der Waals surface area (Å²) in [5.74, 6) is 0. The Hall–Kier alpha value is -0.640. The molecule has 2 N–H and O–H groups in total. The van der Waals surface area contributed by atoms with Crippen molar-refractivity contribution in [1.82, 2.24) is 10.3 Å². The Bertz CT molecular complexity index is 366. The minimum Gasteiger partial charge on any atom is -0.389 e. The molecule has 0 aliphatic heterocycles. The van der Waals surface area contributed by atoms with E-state index in [2.05, 4.69) is 17.2 Å². The number of aromatic nitrogens is 1. The number of aliphatic hydroxyl groups is 1. The van der Waals surface area contributed by atoms with Crippen LogP contribution in [0.2, 0.25) is 5.15 Å². The van der Waals surface area contributed by atoms with Crippen molar-refractivity contribution in [2.45, 2.75) is 37.8 Å². The third kappa shape index (κ3) is 2.73. The van der Waals surface area contributed by atoms with Crippen LogP contribution in [0, 0.1) is 0 Å². The smallest absolute Gasteiger partial charge is 0.129 e. The van der Waals surface area contributed by atoms with Gasteiger partial charge in [-0.1, -0.05) is 11.6 Å². The van der Waals surface area contributed by atoms with Gasteiger partial charge in [0.05, 0.1) is 5.60 Å². The minimum absolute atomic E-state index is 0.185. The first-order valence-electron chi connectivity index (χ1n) is 5.66. The molecule has 1 aromatic rings. The van der Waals surface area contributed by atoms with Gasteiger partial charge in [0, 0.05) is 18.8 Å². The summed E-state index contributed by atoms with van der Waals surface area (Å²) in [7, 11) is 0. The molecule has 2 rings (SSSR count). The number of nitrogens with zero attached hydrogens (tertiary/aromatic N) is 1.